The van der Waals surface area contributed by atoms with Crippen LogP contribution in [0.2, 0.25) is 0 Å². The van der Waals surface area contributed by atoms with E-state index in [1.807, 2.05) is 19.2 Å². The van der Waals surface area contributed by atoms with Gasteiger partial charge in [0.15, 0.2) is 0 Å². The molecule has 0 aromatic carbocycles. The van der Waals surface area contributed by atoms with Gasteiger partial charge in [0.1, 0.15) is 5.91 Å². The molecule has 4 rings (SSSR count). The number of hydrogen-bond acceptors (Lipinski definition) is 5. The van der Waals surface area contributed by atoms with E-state index >= 15 is 0 Å². The van der Waals surface area contributed by atoms with Crippen molar-refractivity contribution in [1.29, 1.82) is 0 Å². The summed E-state index contributed by atoms with van der Waals surface area (Å²) in [5, 5.41) is 4.49. The average molecular weight is 409 g/mol. The molecular weight excluding hydrogens is 383 g/mol. The van der Waals surface area contributed by atoms with Crippen LogP contribution in [0.5, 0.6) is 0 Å². The van der Waals surface area contributed by atoms with Gasteiger partial charge in [-0.2, -0.15) is 5.10 Å². The molecule has 2 aromatic heterocycles. The first-order chi connectivity index (χ1) is 14.4. The van der Waals surface area contributed by atoms with Crippen molar-refractivity contribution < 1.29 is 23.7 Å². The molecule has 0 aliphatic carbocycles. The standard InChI is InChI=1S/C23H26N6O.Li/c1-5-20-22-12-19(26-29(22)14-16(2)25-20)6-7-23(30)28-15-21(24-13-17(28)3)18-8-10-27(4)11-9-18;/h3,7,12-15,18H,5,8-11H2,1-2,4H3;/q-2;+1. The molecule has 8 heteroatoms. The van der Waals surface area contributed by atoms with Crippen LogP contribution in [0.3, 0.4) is 0 Å². The van der Waals surface area contributed by atoms with Gasteiger partial charge < -0.3 is 19.6 Å². The largest absolute Gasteiger partial charge is 1.00 e. The molecular formula is C23H26LiN6O-. The molecule has 0 bridgehead atoms. The maximum atomic E-state index is 12.8. The van der Waals surface area contributed by atoms with Crippen LogP contribution in [0.25, 0.3) is 5.52 Å². The van der Waals surface area contributed by atoms with Crippen molar-refractivity contribution in [2.45, 2.75) is 33.1 Å². The van der Waals surface area contributed by atoms with Crippen LogP contribution in [0, 0.1) is 25.5 Å². The molecule has 0 spiro atoms. The number of rotatable bonds is 4. The normalized spacial score (nSPS) is 18.0. The van der Waals surface area contributed by atoms with Gasteiger partial charge in [-0.3, -0.25) is 16.1 Å². The van der Waals surface area contributed by atoms with E-state index in [-0.39, 0.29) is 24.8 Å². The number of amides is 1. The van der Waals surface area contributed by atoms with E-state index in [0.29, 0.717) is 17.3 Å². The number of aliphatic imine (C=N–C) groups is 1. The van der Waals surface area contributed by atoms with Gasteiger partial charge >= 0.3 is 18.9 Å². The summed E-state index contributed by atoms with van der Waals surface area (Å²) in [4.78, 5) is 25.6. The summed E-state index contributed by atoms with van der Waals surface area (Å²) >= 11 is 0. The van der Waals surface area contributed by atoms with Crippen molar-refractivity contribution in [2.75, 3.05) is 20.1 Å². The zero-order valence-corrected chi connectivity index (χ0v) is 18.7. The monoisotopic (exact) mass is 409 g/mol. The molecule has 0 atom stereocenters. The Bertz CT molecular complexity index is 1080. The minimum Gasteiger partial charge on any atom is -0.369 e. The van der Waals surface area contributed by atoms with Gasteiger partial charge in [0.05, 0.1) is 11.4 Å². The van der Waals surface area contributed by atoms with Crippen molar-refractivity contribution in [3.05, 3.63) is 65.7 Å². The molecule has 0 saturated carbocycles. The van der Waals surface area contributed by atoms with Crippen LogP contribution in [-0.4, -0.2) is 56.7 Å². The smallest absolute Gasteiger partial charge is 0.369 e. The van der Waals surface area contributed by atoms with Gasteiger partial charge in [0.2, 0.25) is 0 Å². The second kappa shape index (κ2) is 9.78. The van der Waals surface area contributed by atoms with Crippen LogP contribution < -0.4 is 18.9 Å². The molecule has 2 aliphatic heterocycles. The van der Waals surface area contributed by atoms with Crippen molar-refractivity contribution in [1.82, 2.24) is 24.4 Å². The predicted molar refractivity (Wildman–Crippen MR) is 115 cm³/mol. The molecule has 0 N–H and O–H groups in total. The fraction of sp³-hybridized carbons (Fsp3) is 0.391. The van der Waals surface area contributed by atoms with Crippen molar-refractivity contribution >= 4 is 17.6 Å². The number of carbonyl (C=O) groups excluding carboxylic acids is 1. The zero-order valence-electron chi connectivity index (χ0n) is 18.7. The SMILES string of the molecule is [CH-]=C1C=NC(C2CCN(C)CC2)=CN1C(=O)C=[C-]c1cc2c(CC)nc(C)cn2n1.[Li+]. The Balaban J connectivity index is 0.00000272. The van der Waals surface area contributed by atoms with E-state index in [1.54, 1.807) is 16.9 Å². The van der Waals surface area contributed by atoms with Gasteiger partial charge in [-0.05, 0) is 52.0 Å². The molecule has 156 valence electrons. The fourth-order valence-electron chi connectivity index (χ4n) is 3.87. The van der Waals surface area contributed by atoms with Gasteiger partial charge in [-0.25, -0.2) is 0 Å². The summed E-state index contributed by atoms with van der Waals surface area (Å²) in [7, 11) is 2.12. The number of piperidine rings is 1. The first-order valence-corrected chi connectivity index (χ1v) is 10.3. The summed E-state index contributed by atoms with van der Waals surface area (Å²) in [6.45, 7) is 12.1. The van der Waals surface area contributed by atoms with E-state index in [0.717, 1.165) is 55.0 Å². The molecule has 0 unspecified atom stereocenters. The Kier molecular flexibility index (Phi) is 7.32. The van der Waals surface area contributed by atoms with E-state index in [9.17, 15) is 4.79 Å². The fourth-order valence-corrected chi connectivity index (χ4v) is 3.87. The van der Waals surface area contributed by atoms with Gasteiger partial charge in [-0.15, -0.1) is 30.1 Å². The minimum atomic E-state index is -0.272. The molecule has 1 amide bonds. The van der Waals surface area contributed by atoms with Gasteiger partial charge in [0, 0.05) is 29.5 Å². The van der Waals surface area contributed by atoms with Crippen LogP contribution in [0.4, 0.5) is 0 Å². The third-order valence-corrected chi connectivity index (χ3v) is 5.59. The quantitative estimate of drug-likeness (QED) is 0.396. The number of hydrogen-bond donors (Lipinski definition) is 0. The third kappa shape index (κ3) is 5.07. The molecule has 4 heterocycles. The van der Waals surface area contributed by atoms with Crippen molar-refractivity contribution in [3.63, 3.8) is 0 Å². The summed E-state index contributed by atoms with van der Waals surface area (Å²) in [5.74, 6) is 0.0709. The van der Waals surface area contributed by atoms with Crippen LogP contribution in [-0.2, 0) is 11.2 Å². The van der Waals surface area contributed by atoms with E-state index < -0.39 is 0 Å². The Morgan fingerprint density at radius 3 is 2.81 bits per heavy atom. The van der Waals surface area contributed by atoms with Gasteiger partial charge in [-0.1, -0.05) is 6.92 Å². The van der Waals surface area contributed by atoms with Gasteiger partial charge in [0.25, 0.3) is 0 Å². The molecule has 2 aromatic rings. The van der Waals surface area contributed by atoms with E-state index in [1.165, 1.54) is 11.0 Å². The Labute approximate surface area is 195 Å². The first kappa shape index (κ1) is 23.2. The first-order valence-electron chi connectivity index (χ1n) is 10.3. The Morgan fingerprint density at radius 2 is 2.10 bits per heavy atom. The molecule has 2 aliphatic rings. The maximum Gasteiger partial charge on any atom is 1.00 e. The number of carbonyl (C=O) groups is 1. The van der Waals surface area contributed by atoms with Crippen LogP contribution >= 0.6 is 0 Å². The molecule has 0 radical (unpaired) electrons. The number of nitrogens with zero attached hydrogens (tertiary/aromatic N) is 6. The minimum absolute atomic E-state index is 0. The number of allylic oxidation sites excluding steroid dienone is 2. The van der Waals surface area contributed by atoms with Crippen molar-refractivity contribution in [2.24, 2.45) is 10.9 Å². The molecule has 1 fully saturated rings. The number of aryl methyl sites for hydroxylation is 2. The number of aromatic nitrogens is 3. The summed E-state index contributed by atoms with van der Waals surface area (Å²) < 4.78 is 1.79. The predicted octanol–water partition coefficient (Wildman–Crippen LogP) is -0.275. The summed E-state index contributed by atoms with van der Waals surface area (Å²) in [6.07, 6.45) is 12.4. The summed E-state index contributed by atoms with van der Waals surface area (Å²) in [5.41, 5.74) is 4.58. The number of fused-ring (bicyclic) bond motifs is 1. The van der Waals surface area contributed by atoms with Crippen LogP contribution in [0.1, 0.15) is 36.8 Å². The molecule has 1 saturated heterocycles. The Hall–Kier alpha value is -2.46. The summed E-state index contributed by atoms with van der Waals surface area (Å²) in [6, 6.07) is 1.89. The topological polar surface area (TPSA) is 66.1 Å². The third-order valence-electron chi connectivity index (χ3n) is 5.59. The number of likely N-dealkylation sites (tertiary alicyclic amines) is 1. The maximum absolute atomic E-state index is 12.8. The molecule has 31 heavy (non-hydrogen) atoms. The van der Waals surface area contributed by atoms with Crippen molar-refractivity contribution in [3.8, 4) is 0 Å². The second-order valence-electron chi connectivity index (χ2n) is 7.85. The average Bonchev–Trinajstić information content (AvgIpc) is 3.15. The second-order valence-corrected chi connectivity index (χ2v) is 7.85. The zero-order chi connectivity index (χ0) is 21.3. The van der Waals surface area contributed by atoms with Crippen LogP contribution in [0.15, 0.2) is 40.9 Å². The molecule has 7 nitrogen and oxygen atoms in total. The van der Waals surface area contributed by atoms with E-state index in [2.05, 4.69) is 40.0 Å². The Morgan fingerprint density at radius 1 is 1.35 bits per heavy atom. The van der Waals surface area contributed by atoms with E-state index in [4.69, 9.17) is 6.58 Å².